The molecule has 0 aliphatic carbocycles. The lowest BCUT2D eigenvalue weighted by molar-refractivity contribution is -0.121. The van der Waals surface area contributed by atoms with Crippen LogP contribution in [0.1, 0.15) is 43.5 Å². The third-order valence-electron chi connectivity index (χ3n) is 4.94. The zero-order valence-corrected chi connectivity index (χ0v) is 15.0. The average molecular weight is 331 g/mol. The van der Waals surface area contributed by atoms with Gasteiger partial charge in [0, 0.05) is 5.56 Å². The van der Waals surface area contributed by atoms with E-state index in [0.717, 1.165) is 38.4 Å². The molecule has 1 atom stereocenters. The molecule has 0 radical (unpaired) electrons. The second-order valence-corrected chi connectivity index (χ2v) is 6.64. The van der Waals surface area contributed by atoms with Crippen LogP contribution in [0.4, 0.5) is 5.69 Å². The molecule has 132 valence electrons. The van der Waals surface area contributed by atoms with Crippen molar-refractivity contribution in [1.29, 1.82) is 0 Å². The molecular weight excluding hydrogens is 302 g/mol. The van der Waals surface area contributed by atoms with Gasteiger partial charge in [-0.1, -0.05) is 12.1 Å². The summed E-state index contributed by atoms with van der Waals surface area (Å²) in [4.78, 5) is 26.5. The van der Waals surface area contributed by atoms with Crippen LogP contribution >= 0.6 is 0 Å². The number of rotatable bonds is 7. The van der Waals surface area contributed by atoms with Gasteiger partial charge in [-0.15, -0.1) is 0 Å². The summed E-state index contributed by atoms with van der Waals surface area (Å²) in [6, 6.07) is 6.99. The molecule has 5 nitrogen and oxygen atoms in total. The molecule has 1 amide bonds. The Balaban J connectivity index is 1.90. The van der Waals surface area contributed by atoms with E-state index in [2.05, 4.69) is 15.5 Å². The van der Waals surface area contributed by atoms with Crippen molar-refractivity contribution in [3.8, 4) is 0 Å². The highest BCUT2D eigenvalue weighted by Crippen LogP contribution is 2.22. The standard InChI is InChI=1S/C19H29N3O2/c1-14(22-12-9-16(10-13-22)8-11-20-3)19(24)21-18-7-5-4-6-17(18)15(2)23/h4-7,14,16,20H,8-13H2,1-3H3,(H,21,24). The predicted octanol–water partition coefficient (Wildman–Crippen LogP) is 2.54. The smallest absolute Gasteiger partial charge is 0.241 e. The summed E-state index contributed by atoms with van der Waals surface area (Å²) in [6.07, 6.45) is 3.49. The lowest BCUT2D eigenvalue weighted by atomic mass is 9.93. The fourth-order valence-corrected chi connectivity index (χ4v) is 3.28. The van der Waals surface area contributed by atoms with Crippen LogP contribution in [0.2, 0.25) is 0 Å². The van der Waals surface area contributed by atoms with E-state index in [4.69, 9.17) is 0 Å². The molecule has 2 rings (SSSR count). The number of hydrogen-bond acceptors (Lipinski definition) is 4. The number of nitrogens with one attached hydrogen (secondary N) is 2. The number of benzene rings is 1. The summed E-state index contributed by atoms with van der Waals surface area (Å²) in [5, 5.41) is 6.13. The minimum Gasteiger partial charge on any atom is -0.324 e. The first-order valence-corrected chi connectivity index (χ1v) is 8.82. The van der Waals surface area contributed by atoms with Crippen molar-refractivity contribution in [3.05, 3.63) is 29.8 Å². The highest BCUT2D eigenvalue weighted by Gasteiger charge is 2.26. The molecule has 1 heterocycles. The molecule has 0 saturated carbocycles. The van der Waals surface area contributed by atoms with Gasteiger partial charge in [-0.25, -0.2) is 0 Å². The third kappa shape index (κ3) is 4.89. The quantitative estimate of drug-likeness (QED) is 0.754. The minimum atomic E-state index is -0.185. The van der Waals surface area contributed by atoms with E-state index in [1.807, 2.05) is 26.1 Å². The van der Waals surface area contributed by atoms with Gasteiger partial charge in [0.1, 0.15) is 0 Å². The molecule has 1 unspecified atom stereocenters. The van der Waals surface area contributed by atoms with E-state index >= 15 is 0 Å². The number of Topliss-reactive ketones (excluding diaryl/α,β-unsaturated/α-hetero) is 1. The van der Waals surface area contributed by atoms with Gasteiger partial charge >= 0.3 is 0 Å². The Morgan fingerprint density at radius 1 is 1.25 bits per heavy atom. The van der Waals surface area contributed by atoms with E-state index in [0.29, 0.717) is 11.3 Å². The number of para-hydroxylation sites is 1. The van der Waals surface area contributed by atoms with Crippen LogP contribution in [0.3, 0.4) is 0 Å². The molecule has 0 spiro atoms. The second kappa shape index (κ2) is 8.94. The Labute approximate surface area is 144 Å². The molecule has 1 aromatic rings. The van der Waals surface area contributed by atoms with Crippen LogP contribution in [0.5, 0.6) is 0 Å². The van der Waals surface area contributed by atoms with Crippen LogP contribution < -0.4 is 10.6 Å². The number of likely N-dealkylation sites (tertiary alicyclic amines) is 1. The second-order valence-electron chi connectivity index (χ2n) is 6.64. The molecule has 2 N–H and O–H groups in total. The van der Waals surface area contributed by atoms with Gasteiger partial charge in [-0.2, -0.15) is 0 Å². The van der Waals surface area contributed by atoms with Crippen LogP contribution in [0, 0.1) is 5.92 Å². The molecule has 24 heavy (non-hydrogen) atoms. The van der Waals surface area contributed by atoms with Crippen LogP contribution in [-0.4, -0.2) is 49.3 Å². The fourth-order valence-electron chi connectivity index (χ4n) is 3.28. The van der Waals surface area contributed by atoms with Crippen molar-refractivity contribution in [2.24, 2.45) is 5.92 Å². The molecule has 1 aliphatic rings. The first-order valence-electron chi connectivity index (χ1n) is 8.82. The molecular formula is C19H29N3O2. The lowest BCUT2D eigenvalue weighted by Crippen LogP contribution is -2.46. The molecule has 0 aromatic heterocycles. The number of piperidine rings is 1. The van der Waals surface area contributed by atoms with Gasteiger partial charge in [0.25, 0.3) is 0 Å². The normalized spacial score (nSPS) is 17.5. The topological polar surface area (TPSA) is 61.4 Å². The maximum Gasteiger partial charge on any atom is 0.241 e. The number of amides is 1. The van der Waals surface area contributed by atoms with Gasteiger partial charge in [0.2, 0.25) is 5.91 Å². The van der Waals surface area contributed by atoms with Crippen molar-refractivity contribution < 1.29 is 9.59 Å². The minimum absolute atomic E-state index is 0.0381. The largest absolute Gasteiger partial charge is 0.324 e. The van der Waals surface area contributed by atoms with Gasteiger partial charge in [-0.05, 0) is 77.8 Å². The van der Waals surface area contributed by atoms with Gasteiger partial charge < -0.3 is 10.6 Å². The first-order chi connectivity index (χ1) is 11.5. The summed E-state index contributed by atoms with van der Waals surface area (Å²) in [5.41, 5.74) is 1.16. The van der Waals surface area contributed by atoms with Gasteiger partial charge in [0.05, 0.1) is 11.7 Å². The zero-order chi connectivity index (χ0) is 17.5. The SMILES string of the molecule is CNCCC1CCN(C(C)C(=O)Nc2ccccc2C(C)=O)CC1. The van der Waals surface area contributed by atoms with E-state index < -0.39 is 0 Å². The summed E-state index contributed by atoms with van der Waals surface area (Å²) >= 11 is 0. The Morgan fingerprint density at radius 2 is 1.92 bits per heavy atom. The Kier molecular flexibility index (Phi) is 6.94. The van der Waals surface area contributed by atoms with E-state index in [1.54, 1.807) is 12.1 Å². The van der Waals surface area contributed by atoms with Crippen molar-refractivity contribution in [3.63, 3.8) is 0 Å². The third-order valence-corrected chi connectivity index (χ3v) is 4.94. The van der Waals surface area contributed by atoms with E-state index in [-0.39, 0.29) is 17.7 Å². The van der Waals surface area contributed by atoms with Gasteiger partial charge in [0.15, 0.2) is 5.78 Å². The molecule has 0 bridgehead atoms. The Bertz CT molecular complexity index is 565. The highest BCUT2D eigenvalue weighted by molar-refractivity contribution is 6.04. The number of ketones is 1. The molecule has 5 heteroatoms. The summed E-state index contributed by atoms with van der Waals surface area (Å²) < 4.78 is 0. The average Bonchev–Trinajstić information content (AvgIpc) is 2.60. The number of carbonyl (C=O) groups excluding carboxylic acids is 2. The molecule has 1 aliphatic heterocycles. The van der Waals surface area contributed by atoms with E-state index in [1.165, 1.54) is 13.3 Å². The van der Waals surface area contributed by atoms with E-state index in [9.17, 15) is 9.59 Å². The Morgan fingerprint density at radius 3 is 2.54 bits per heavy atom. The number of anilines is 1. The first kappa shape index (κ1) is 18.6. The molecule has 1 fully saturated rings. The highest BCUT2D eigenvalue weighted by atomic mass is 16.2. The summed E-state index contributed by atoms with van der Waals surface area (Å²) in [6.45, 7) is 6.43. The summed E-state index contributed by atoms with van der Waals surface area (Å²) in [7, 11) is 1.99. The van der Waals surface area contributed by atoms with Crippen molar-refractivity contribution in [2.45, 2.75) is 39.2 Å². The lowest BCUT2D eigenvalue weighted by Gasteiger charge is -2.35. The van der Waals surface area contributed by atoms with Crippen molar-refractivity contribution >= 4 is 17.4 Å². The zero-order valence-electron chi connectivity index (χ0n) is 15.0. The predicted molar refractivity (Wildman–Crippen MR) is 97.4 cm³/mol. The summed E-state index contributed by atoms with van der Waals surface area (Å²) in [5.74, 6) is 0.670. The Hall–Kier alpha value is -1.72. The number of hydrogen-bond donors (Lipinski definition) is 2. The molecule has 1 saturated heterocycles. The number of nitrogens with zero attached hydrogens (tertiary/aromatic N) is 1. The van der Waals surface area contributed by atoms with Crippen LogP contribution in [0.15, 0.2) is 24.3 Å². The van der Waals surface area contributed by atoms with Crippen molar-refractivity contribution in [2.75, 3.05) is 32.0 Å². The van der Waals surface area contributed by atoms with Crippen molar-refractivity contribution in [1.82, 2.24) is 10.2 Å². The maximum absolute atomic E-state index is 12.6. The maximum atomic E-state index is 12.6. The number of carbonyl (C=O) groups is 2. The van der Waals surface area contributed by atoms with Crippen LogP contribution in [0.25, 0.3) is 0 Å². The van der Waals surface area contributed by atoms with Gasteiger partial charge in [-0.3, -0.25) is 14.5 Å². The van der Waals surface area contributed by atoms with Crippen LogP contribution in [-0.2, 0) is 4.79 Å². The monoisotopic (exact) mass is 331 g/mol. The molecule has 1 aromatic carbocycles. The fraction of sp³-hybridized carbons (Fsp3) is 0.579.